The average molecular weight is 252 g/mol. The predicted octanol–water partition coefficient (Wildman–Crippen LogP) is 0.929. The summed E-state index contributed by atoms with van der Waals surface area (Å²) in [6.07, 6.45) is 0. The molecule has 1 aromatic rings. The standard InChI is InChI=1S/C13H20N2O3/c1-3-18-11-6-4-10(5-7-11)8-15(2)9-12(14)13(16)17/h4-7,12H,3,8-9,14H2,1-2H3,(H,16,17). The number of hydrogen-bond acceptors (Lipinski definition) is 4. The van der Waals surface area contributed by atoms with Crippen LogP contribution in [-0.4, -0.2) is 42.2 Å². The third-order valence-corrected chi connectivity index (χ3v) is 2.51. The highest BCUT2D eigenvalue weighted by molar-refractivity contribution is 5.73. The van der Waals surface area contributed by atoms with Crippen molar-refractivity contribution in [3.8, 4) is 5.75 Å². The monoisotopic (exact) mass is 252 g/mol. The summed E-state index contributed by atoms with van der Waals surface area (Å²) in [6, 6.07) is 6.90. The Kier molecular flexibility index (Phi) is 5.61. The van der Waals surface area contributed by atoms with E-state index in [0.717, 1.165) is 11.3 Å². The van der Waals surface area contributed by atoms with E-state index in [9.17, 15) is 4.79 Å². The van der Waals surface area contributed by atoms with E-state index in [4.69, 9.17) is 15.6 Å². The second-order valence-electron chi connectivity index (χ2n) is 4.22. The number of nitrogens with zero attached hydrogens (tertiary/aromatic N) is 1. The Balaban J connectivity index is 2.48. The van der Waals surface area contributed by atoms with Gasteiger partial charge in [0.25, 0.3) is 0 Å². The molecule has 1 rings (SSSR count). The highest BCUT2D eigenvalue weighted by Crippen LogP contribution is 2.13. The molecule has 18 heavy (non-hydrogen) atoms. The zero-order valence-electron chi connectivity index (χ0n) is 10.8. The van der Waals surface area contributed by atoms with Crippen LogP contribution in [-0.2, 0) is 11.3 Å². The predicted molar refractivity (Wildman–Crippen MR) is 69.6 cm³/mol. The van der Waals surface area contributed by atoms with Crippen LogP contribution in [0.25, 0.3) is 0 Å². The Morgan fingerprint density at radius 1 is 1.44 bits per heavy atom. The molecule has 0 bridgehead atoms. The molecule has 0 radical (unpaired) electrons. The van der Waals surface area contributed by atoms with Gasteiger partial charge >= 0.3 is 5.97 Å². The van der Waals surface area contributed by atoms with Crippen molar-refractivity contribution in [3.63, 3.8) is 0 Å². The molecule has 1 unspecified atom stereocenters. The Hall–Kier alpha value is -1.59. The molecule has 3 N–H and O–H groups in total. The number of rotatable bonds is 7. The Morgan fingerprint density at radius 3 is 2.56 bits per heavy atom. The molecule has 1 atom stereocenters. The summed E-state index contributed by atoms with van der Waals surface area (Å²) in [5.74, 6) is -0.139. The van der Waals surface area contributed by atoms with Gasteiger partial charge in [0.2, 0.25) is 0 Å². The van der Waals surface area contributed by atoms with Crippen LogP contribution in [0.2, 0.25) is 0 Å². The Labute approximate surface area is 107 Å². The van der Waals surface area contributed by atoms with E-state index in [1.807, 2.05) is 43.1 Å². The minimum Gasteiger partial charge on any atom is -0.494 e. The van der Waals surface area contributed by atoms with Crippen molar-refractivity contribution in [1.29, 1.82) is 0 Å². The molecule has 0 aromatic heterocycles. The Morgan fingerprint density at radius 2 is 2.06 bits per heavy atom. The quantitative estimate of drug-likeness (QED) is 0.755. The van der Waals surface area contributed by atoms with E-state index in [-0.39, 0.29) is 0 Å². The number of likely N-dealkylation sites (N-methyl/N-ethyl adjacent to an activating group) is 1. The van der Waals surface area contributed by atoms with Gasteiger partial charge in [-0.25, -0.2) is 0 Å². The molecule has 0 amide bonds. The van der Waals surface area contributed by atoms with E-state index in [1.54, 1.807) is 0 Å². The van der Waals surface area contributed by atoms with Gasteiger partial charge in [0.1, 0.15) is 11.8 Å². The van der Waals surface area contributed by atoms with E-state index in [2.05, 4.69) is 0 Å². The molecular formula is C13H20N2O3. The molecule has 0 aliphatic rings. The molecule has 1 aromatic carbocycles. The third-order valence-electron chi connectivity index (χ3n) is 2.51. The topological polar surface area (TPSA) is 75.8 Å². The van der Waals surface area contributed by atoms with Crippen LogP contribution in [0, 0.1) is 0 Å². The molecule has 0 spiro atoms. The minimum absolute atomic E-state index is 0.322. The van der Waals surface area contributed by atoms with Gasteiger partial charge in [0.15, 0.2) is 0 Å². The number of benzene rings is 1. The lowest BCUT2D eigenvalue weighted by atomic mass is 10.2. The summed E-state index contributed by atoms with van der Waals surface area (Å²) in [5.41, 5.74) is 6.57. The first kappa shape index (κ1) is 14.5. The first-order valence-electron chi connectivity index (χ1n) is 5.91. The number of carbonyl (C=O) groups is 1. The van der Waals surface area contributed by atoms with E-state index >= 15 is 0 Å². The second kappa shape index (κ2) is 6.98. The van der Waals surface area contributed by atoms with Crippen molar-refractivity contribution >= 4 is 5.97 Å². The van der Waals surface area contributed by atoms with Crippen molar-refractivity contribution in [1.82, 2.24) is 4.90 Å². The summed E-state index contributed by atoms with van der Waals surface area (Å²) in [4.78, 5) is 12.5. The average Bonchev–Trinajstić information content (AvgIpc) is 2.31. The fraction of sp³-hybridized carbons (Fsp3) is 0.462. The van der Waals surface area contributed by atoms with Crippen molar-refractivity contribution < 1.29 is 14.6 Å². The largest absolute Gasteiger partial charge is 0.494 e. The third kappa shape index (κ3) is 4.73. The van der Waals surface area contributed by atoms with Crippen LogP contribution in [0.15, 0.2) is 24.3 Å². The fourth-order valence-electron chi connectivity index (χ4n) is 1.65. The number of nitrogens with two attached hydrogens (primary N) is 1. The number of hydrogen-bond donors (Lipinski definition) is 2. The molecule has 0 saturated carbocycles. The zero-order valence-corrected chi connectivity index (χ0v) is 10.8. The maximum Gasteiger partial charge on any atom is 0.321 e. The molecule has 5 heteroatoms. The highest BCUT2D eigenvalue weighted by atomic mass is 16.5. The van der Waals surface area contributed by atoms with Crippen LogP contribution in [0.4, 0.5) is 0 Å². The van der Waals surface area contributed by atoms with Crippen LogP contribution in [0.5, 0.6) is 5.75 Å². The highest BCUT2D eigenvalue weighted by Gasteiger charge is 2.13. The van der Waals surface area contributed by atoms with Gasteiger partial charge in [-0.05, 0) is 31.7 Å². The number of carboxylic acid groups (broad SMARTS) is 1. The SMILES string of the molecule is CCOc1ccc(CN(C)CC(N)C(=O)O)cc1. The smallest absolute Gasteiger partial charge is 0.321 e. The molecule has 100 valence electrons. The number of ether oxygens (including phenoxy) is 1. The lowest BCUT2D eigenvalue weighted by molar-refractivity contribution is -0.138. The first-order valence-corrected chi connectivity index (χ1v) is 5.91. The maximum absolute atomic E-state index is 10.6. The van der Waals surface area contributed by atoms with Gasteiger partial charge < -0.3 is 15.6 Å². The maximum atomic E-state index is 10.6. The van der Waals surface area contributed by atoms with Crippen LogP contribution < -0.4 is 10.5 Å². The van der Waals surface area contributed by atoms with Crippen molar-refractivity contribution in [2.75, 3.05) is 20.2 Å². The van der Waals surface area contributed by atoms with E-state index < -0.39 is 12.0 Å². The van der Waals surface area contributed by atoms with E-state index in [1.165, 1.54) is 0 Å². The molecule has 5 nitrogen and oxygen atoms in total. The molecule has 0 saturated heterocycles. The van der Waals surface area contributed by atoms with Gasteiger partial charge in [-0.1, -0.05) is 12.1 Å². The van der Waals surface area contributed by atoms with Gasteiger partial charge in [0, 0.05) is 13.1 Å². The van der Waals surface area contributed by atoms with Crippen molar-refractivity contribution in [2.45, 2.75) is 19.5 Å². The Bertz CT molecular complexity index is 378. The van der Waals surface area contributed by atoms with Gasteiger partial charge in [-0.15, -0.1) is 0 Å². The van der Waals surface area contributed by atoms with Gasteiger partial charge in [-0.3, -0.25) is 9.69 Å². The number of aliphatic carboxylic acids is 1. The molecule has 0 heterocycles. The summed E-state index contributed by atoms with van der Waals surface area (Å²) in [7, 11) is 1.85. The summed E-state index contributed by atoms with van der Waals surface area (Å²) < 4.78 is 5.35. The van der Waals surface area contributed by atoms with Crippen LogP contribution in [0.3, 0.4) is 0 Å². The summed E-state index contributed by atoms with van der Waals surface area (Å²) in [5, 5.41) is 8.72. The molecule has 0 aliphatic heterocycles. The van der Waals surface area contributed by atoms with Gasteiger partial charge in [-0.2, -0.15) is 0 Å². The van der Waals surface area contributed by atoms with Crippen molar-refractivity contribution in [2.24, 2.45) is 5.73 Å². The molecule has 0 aliphatic carbocycles. The van der Waals surface area contributed by atoms with Crippen LogP contribution in [0.1, 0.15) is 12.5 Å². The van der Waals surface area contributed by atoms with Crippen molar-refractivity contribution in [3.05, 3.63) is 29.8 Å². The summed E-state index contributed by atoms with van der Waals surface area (Å²) >= 11 is 0. The van der Waals surface area contributed by atoms with Gasteiger partial charge in [0.05, 0.1) is 6.61 Å². The van der Waals surface area contributed by atoms with Crippen LogP contribution >= 0.6 is 0 Å². The minimum atomic E-state index is -0.978. The second-order valence-corrected chi connectivity index (χ2v) is 4.22. The number of carboxylic acids is 1. The molecular weight excluding hydrogens is 232 g/mol. The zero-order chi connectivity index (χ0) is 13.5. The van der Waals surface area contributed by atoms with E-state index in [0.29, 0.717) is 19.7 Å². The lowest BCUT2D eigenvalue weighted by Crippen LogP contribution is -2.40. The fourth-order valence-corrected chi connectivity index (χ4v) is 1.65. The lowest BCUT2D eigenvalue weighted by Gasteiger charge is -2.19. The normalized spacial score (nSPS) is 12.4. The molecule has 0 fully saturated rings. The summed E-state index contributed by atoms with van der Waals surface area (Å²) in [6.45, 7) is 3.57. The first-order chi connectivity index (χ1) is 8.52.